The van der Waals surface area contributed by atoms with Crippen LogP contribution < -0.4 is 0 Å². The third-order valence-corrected chi connectivity index (χ3v) is 1.82. The lowest BCUT2D eigenvalue weighted by Gasteiger charge is -1.86. The highest BCUT2D eigenvalue weighted by Crippen LogP contribution is 2.07. The zero-order valence-electron chi connectivity index (χ0n) is 6.05. The molecule has 0 aliphatic heterocycles. The fraction of sp³-hybridized carbons (Fsp3) is 0.286. The topological polar surface area (TPSA) is 33.1 Å². The van der Waals surface area contributed by atoms with Crippen molar-refractivity contribution < 1.29 is 0 Å². The molecule has 0 fully saturated rings. The zero-order valence-corrected chi connectivity index (χ0v) is 6.05. The Labute approximate surface area is 58.7 Å². The summed E-state index contributed by atoms with van der Waals surface area (Å²) in [6.07, 6.45) is 1.79. The molecule has 2 aromatic rings. The molecule has 0 amide bonds. The van der Waals surface area contributed by atoms with Crippen LogP contribution in [-0.4, -0.2) is 14.6 Å². The first-order chi connectivity index (χ1) is 4.79. The van der Waals surface area contributed by atoms with E-state index in [0.717, 1.165) is 5.65 Å². The van der Waals surface area contributed by atoms with Gasteiger partial charge < -0.3 is 4.98 Å². The summed E-state index contributed by atoms with van der Waals surface area (Å²) in [5, 5.41) is 4.12. The number of rotatable bonds is 0. The Morgan fingerprint density at radius 3 is 3.00 bits per heavy atom. The molecule has 3 nitrogen and oxygen atoms in total. The number of aromatic amines is 1. The number of imidazole rings is 1. The van der Waals surface area contributed by atoms with Crippen LogP contribution in [0, 0.1) is 13.8 Å². The molecule has 0 unspecified atom stereocenters. The molecule has 52 valence electrons. The van der Waals surface area contributed by atoms with Crippen LogP contribution >= 0.6 is 0 Å². The Balaban J connectivity index is 2.95. The van der Waals surface area contributed by atoms with Gasteiger partial charge in [0.2, 0.25) is 0 Å². The SMILES string of the molecule is Cc1[nH]c2ccnn2c1C. The van der Waals surface area contributed by atoms with Crippen molar-refractivity contribution in [3.8, 4) is 0 Å². The lowest BCUT2D eigenvalue weighted by Crippen LogP contribution is -1.85. The van der Waals surface area contributed by atoms with Crippen molar-refractivity contribution in [2.75, 3.05) is 0 Å². The van der Waals surface area contributed by atoms with Gasteiger partial charge >= 0.3 is 0 Å². The molecule has 10 heavy (non-hydrogen) atoms. The molecule has 0 aliphatic rings. The van der Waals surface area contributed by atoms with E-state index in [-0.39, 0.29) is 0 Å². The molecule has 0 bridgehead atoms. The van der Waals surface area contributed by atoms with Crippen molar-refractivity contribution in [1.82, 2.24) is 14.6 Å². The van der Waals surface area contributed by atoms with Gasteiger partial charge in [-0.15, -0.1) is 0 Å². The fourth-order valence-corrected chi connectivity index (χ4v) is 1.11. The third kappa shape index (κ3) is 0.518. The zero-order chi connectivity index (χ0) is 7.14. The van der Waals surface area contributed by atoms with Crippen molar-refractivity contribution in [3.63, 3.8) is 0 Å². The van der Waals surface area contributed by atoms with Gasteiger partial charge in [0.05, 0.1) is 11.9 Å². The van der Waals surface area contributed by atoms with Gasteiger partial charge in [-0.25, -0.2) is 4.52 Å². The average molecular weight is 135 g/mol. The van der Waals surface area contributed by atoms with E-state index in [2.05, 4.69) is 10.1 Å². The number of aryl methyl sites for hydroxylation is 2. The van der Waals surface area contributed by atoms with E-state index >= 15 is 0 Å². The minimum absolute atomic E-state index is 1.06. The van der Waals surface area contributed by atoms with Gasteiger partial charge in [-0.1, -0.05) is 0 Å². The Bertz CT molecular complexity index is 356. The smallest absolute Gasteiger partial charge is 0.133 e. The van der Waals surface area contributed by atoms with Gasteiger partial charge in [0, 0.05) is 11.8 Å². The van der Waals surface area contributed by atoms with Crippen molar-refractivity contribution in [3.05, 3.63) is 23.7 Å². The Morgan fingerprint density at radius 1 is 1.50 bits per heavy atom. The van der Waals surface area contributed by atoms with Gasteiger partial charge in [0.25, 0.3) is 0 Å². The summed E-state index contributed by atoms with van der Waals surface area (Å²) in [5.41, 5.74) is 3.43. The summed E-state index contributed by atoms with van der Waals surface area (Å²) < 4.78 is 1.90. The van der Waals surface area contributed by atoms with Gasteiger partial charge in [-0.3, -0.25) is 0 Å². The van der Waals surface area contributed by atoms with Crippen molar-refractivity contribution in [2.24, 2.45) is 0 Å². The van der Waals surface area contributed by atoms with E-state index < -0.39 is 0 Å². The second-order valence-corrected chi connectivity index (χ2v) is 2.46. The summed E-state index contributed by atoms with van der Waals surface area (Å²) in [6.45, 7) is 4.09. The van der Waals surface area contributed by atoms with Crippen LogP contribution in [0.2, 0.25) is 0 Å². The predicted octanol–water partition coefficient (Wildman–Crippen LogP) is 1.28. The number of fused-ring (bicyclic) bond motifs is 1. The standard InChI is InChI=1S/C7H9N3/c1-5-6(2)10-7(9-5)3-4-8-10/h3-4,9H,1-2H3. The number of nitrogens with one attached hydrogen (secondary N) is 1. The highest BCUT2D eigenvalue weighted by atomic mass is 15.3. The summed E-state index contributed by atoms with van der Waals surface area (Å²) in [5.74, 6) is 0. The first-order valence-electron chi connectivity index (χ1n) is 3.28. The molecule has 2 aromatic heterocycles. The van der Waals surface area contributed by atoms with Crippen molar-refractivity contribution in [2.45, 2.75) is 13.8 Å². The quantitative estimate of drug-likeness (QED) is 0.580. The average Bonchev–Trinajstić information content (AvgIpc) is 2.41. The van der Waals surface area contributed by atoms with E-state index in [4.69, 9.17) is 0 Å². The van der Waals surface area contributed by atoms with E-state index in [9.17, 15) is 0 Å². The van der Waals surface area contributed by atoms with Crippen LogP contribution in [-0.2, 0) is 0 Å². The highest BCUT2D eigenvalue weighted by Gasteiger charge is 2.01. The number of hydrogen-bond donors (Lipinski definition) is 1. The van der Waals surface area contributed by atoms with Crippen LogP contribution in [0.1, 0.15) is 11.4 Å². The molecule has 0 aromatic carbocycles. The molecule has 0 spiro atoms. The maximum atomic E-state index is 4.12. The molecular formula is C7H9N3. The Morgan fingerprint density at radius 2 is 2.30 bits per heavy atom. The summed E-state index contributed by atoms with van der Waals surface area (Å²) in [6, 6.07) is 1.96. The predicted molar refractivity (Wildman–Crippen MR) is 39.0 cm³/mol. The lowest BCUT2D eigenvalue weighted by molar-refractivity contribution is 0.924. The monoisotopic (exact) mass is 135 g/mol. The first-order valence-corrected chi connectivity index (χ1v) is 3.28. The number of H-pyrrole nitrogens is 1. The van der Waals surface area contributed by atoms with Gasteiger partial charge in [0.15, 0.2) is 0 Å². The molecular weight excluding hydrogens is 126 g/mol. The number of nitrogens with zero attached hydrogens (tertiary/aromatic N) is 2. The molecule has 3 heteroatoms. The summed E-state index contributed by atoms with van der Waals surface area (Å²) >= 11 is 0. The van der Waals surface area contributed by atoms with Gasteiger partial charge in [-0.05, 0) is 13.8 Å². The van der Waals surface area contributed by atoms with Crippen molar-refractivity contribution >= 4 is 5.65 Å². The van der Waals surface area contributed by atoms with Crippen LogP contribution in [0.3, 0.4) is 0 Å². The molecule has 2 rings (SSSR count). The van der Waals surface area contributed by atoms with Crippen LogP contribution in [0.5, 0.6) is 0 Å². The van der Waals surface area contributed by atoms with Crippen molar-refractivity contribution in [1.29, 1.82) is 0 Å². The molecule has 0 saturated heterocycles. The molecule has 0 atom stereocenters. The molecule has 2 heterocycles. The van der Waals surface area contributed by atoms with E-state index in [1.54, 1.807) is 6.20 Å². The van der Waals surface area contributed by atoms with Gasteiger partial charge in [0.1, 0.15) is 5.65 Å². The number of hydrogen-bond acceptors (Lipinski definition) is 1. The first kappa shape index (κ1) is 5.53. The van der Waals surface area contributed by atoms with Crippen LogP contribution in [0.25, 0.3) is 5.65 Å². The number of aromatic nitrogens is 3. The Hall–Kier alpha value is -1.25. The molecule has 0 aliphatic carbocycles. The highest BCUT2D eigenvalue weighted by molar-refractivity contribution is 5.40. The van der Waals surface area contributed by atoms with E-state index in [1.807, 2.05) is 24.4 Å². The summed E-state index contributed by atoms with van der Waals surface area (Å²) in [7, 11) is 0. The summed E-state index contributed by atoms with van der Waals surface area (Å²) in [4.78, 5) is 3.21. The lowest BCUT2D eigenvalue weighted by atomic mass is 10.4. The molecule has 0 radical (unpaired) electrons. The van der Waals surface area contributed by atoms with Crippen LogP contribution in [0.4, 0.5) is 0 Å². The molecule has 1 N–H and O–H groups in total. The van der Waals surface area contributed by atoms with Crippen LogP contribution in [0.15, 0.2) is 12.3 Å². The van der Waals surface area contributed by atoms with E-state index in [0.29, 0.717) is 0 Å². The Kier molecular flexibility index (Phi) is 0.897. The second-order valence-electron chi connectivity index (χ2n) is 2.46. The minimum atomic E-state index is 1.06. The molecule has 0 saturated carbocycles. The second kappa shape index (κ2) is 1.62. The minimum Gasteiger partial charge on any atom is -0.342 e. The van der Waals surface area contributed by atoms with E-state index in [1.165, 1.54) is 11.4 Å². The normalized spacial score (nSPS) is 11.0. The maximum absolute atomic E-state index is 4.12. The fourth-order valence-electron chi connectivity index (χ4n) is 1.11. The third-order valence-electron chi connectivity index (χ3n) is 1.82. The maximum Gasteiger partial charge on any atom is 0.133 e. The largest absolute Gasteiger partial charge is 0.342 e. The van der Waals surface area contributed by atoms with Gasteiger partial charge in [-0.2, -0.15) is 5.10 Å².